The van der Waals surface area contributed by atoms with Gasteiger partial charge in [0.05, 0.1) is 6.61 Å². The van der Waals surface area contributed by atoms with Crippen molar-refractivity contribution in [2.24, 2.45) is 0 Å². The molecule has 0 spiro atoms. The molecule has 0 saturated carbocycles. The molecular formula is C23H29NO. The van der Waals surface area contributed by atoms with Crippen molar-refractivity contribution < 1.29 is 4.74 Å². The number of hydrogen-bond acceptors (Lipinski definition) is 2. The summed E-state index contributed by atoms with van der Waals surface area (Å²) in [5, 5.41) is 0. The second-order valence-electron chi connectivity index (χ2n) is 6.77. The Hall–Kier alpha value is -1.90. The van der Waals surface area contributed by atoms with E-state index in [0.29, 0.717) is 12.6 Å². The second-order valence-corrected chi connectivity index (χ2v) is 6.77. The standard InChI is InChI=1S/C23H29NO/c1-2-10-17-24(19-21-11-5-3-6-12-21)23(15-9-1)16-18-25-20-22-13-7-4-8-14-22/h3-9,11-15,23H,1-2,10,16-20H2/b15-9-/t23-/m0/s1. The van der Waals surface area contributed by atoms with Gasteiger partial charge >= 0.3 is 0 Å². The van der Waals surface area contributed by atoms with E-state index in [2.05, 4.69) is 71.6 Å². The van der Waals surface area contributed by atoms with Crippen molar-refractivity contribution in [3.8, 4) is 0 Å². The zero-order valence-electron chi connectivity index (χ0n) is 15.0. The molecule has 25 heavy (non-hydrogen) atoms. The quantitative estimate of drug-likeness (QED) is 0.509. The zero-order valence-corrected chi connectivity index (χ0v) is 15.0. The molecule has 0 unspecified atom stereocenters. The van der Waals surface area contributed by atoms with Crippen LogP contribution >= 0.6 is 0 Å². The maximum atomic E-state index is 5.93. The number of ether oxygens (including phenoxy) is 1. The molecule has 2 nitrogen and oxygen atoms in total. The lowest BCUT2D eigenvalue weighted by Crippen LogP contribution is -2.35. The van der Waals surface area contributed by atoms with E-state index < -0.39 is 0 Å². The summed E-state index contributed by atoms with van der Waals surface area (Å²) < 4.78 is 5.93. The van der Waals surface area contributed by atoms with Gasteiger partial charge in [-0.3, -0.25) is 4.90 Å². The average molecular weight is 335 g/mol. The van der Waals surface area contributed by atoms with Crippen molar-refractivity contribution >= 4 is 0 Å². The Balaban J connectivity index is 1.53. The lowest BCUT2D eigenvalue weighted by molar-refractivity contribution is 0.0940. The summed E-state index contributed by atoms with van der Waals surface area (Å²) in [6.45, 7) is 3.70. The smallest absolute Gasteiger partial charge is 0.0716 e. The molecule has 1 atom stereocenters. The Kier molecular flexibility index (Phi) is 7.29. The Morgan fingerprint density at radius 3 is 2.36 bits per heavy atom. The van der Waals surface area contributed by atoms with Crippen molar-refractivity contribution in [3.63, 3.8) is 0 Å². The lowest BCUT2D eigenvalue weighted by atomic mass is 10.0. The largest absolute Gasteiger partial charge is 0.377 e. The van der Waals surface area contributed by atoms with Gasteiger partial charge in [0.2, 0.25) is 0 Å². The molecule has 2 aromatic carbocycles. The normalized spacial score (nSPS) is 19.9. The molecule has 0 fully saturated rings. The summed E-state index contributed by atoms with van der Waals surface area (Å²) in [6, 6.07) is 21.7. The predicted molar refractivity (Wildman–Crippen MR) is 104 cm³/mol. The van der Waals surface area contributed by atoms with Crippen LogP contribution in [-0.4, -0.2) is 24.1 Å². The van der Waals surface area contributed by atoms with Gasteiger partial charge in [-0.1, -0.05) is 72.8 Å². The molecule has 2 aromatic rings. The van der Waals surface area contributed by atoms with E-state index >= 15 is 0 Å². The highest BCUT2D eigenvalue weighted by molar-refractivity contribution is 5.15. The number of allylic oxidation sites excluding steroid dienone is 1. The second kappa shape index (κ2) is 10.2. The van der Waals surface area contributed by atoms with Gasteiger partial charge in [0, 0.05) is 19.2 Å². The molecule has 1 aliphatic heterocycles. The van der Waals surface area contributed by atoms with Gasteiger partial charge in [0.15, 0.2) is 0 Å². The van der Waals surface area contributed by atoms with Gasteiger partial charge in [-0.05, 0) is 43.4 Å². The molecule has 0 aliphatic carbocycles. The minimum absolute atomic E-state index is 0.469. The Labute approximate surface area is 152 Å². The average Bonchev–Trinajstić information content (AvgIpc) is 2.65. The monoisotopic (exact) mass is 335 g/mol. The molecular weight excluding hydrogens is 306 g/mol. The van der Waals surface area contributed by atoms with Crippen LogP contribution in [0.1, 0.15) is 36.8 Å². The Bertz CT molecular complexity index is 623. The zero-order chi connectivity index (χ0) is 17.2. The van der Waals surface area contributed by atoms with Crippen LogP contribution in [0.25, 0.3) is 0 Å². The first-order valence-corrected chi connectivity index (χ1v) is 9.48. The topological polar surface area (TPSA) is 12.5 Å². The number of benzene rings is 2. The van der Waals surface area contributed by atoms with E-state index in [1.54, 1.807) is 0 Å². The van der Waals surface area contributed by atoms with E-state index in [4.69, 9.17) is 4.74 Å². The van der Waals surface area contributed by atoms with Crippen LogP contribution in [0.2, 0.25) is 0 Å². The summed E-state index contributed by atoms with van der Waals surface area (Å²) in [5.41, 5.74) is 2.64. The molecule has 0 bridgehead atoms. The third kappa shape index (κ3) is 6.15. The van der Waals surface area contributed by atoms with Crippen molar-refractivity contribution in [3.05, 3.63) is 83.9 Å². The van der Waals surface area contributed by atoms with E-state index in [1.165, 1.54) is 36.9 Å². The van der Waals surface area contributed by atoms with E-state index in [9.17, 15) is 0 Å². The van der Waals surface area contributed by atoms with Crippen LogP contribution in [0.15, 0.2) is 72.8 Å². The molecule has 1 heterocycles. The maximum absolute atomic E-state index is 5.93. The molecule has 0 N–H and O–H groups in total. The first kappa shape index (κ1) is 17.9. The SMILES string of the molecule is C1=C\[C@@H](CCOCc2ccccc2)N(Cc2ccccc2)CCCC/1. The van der Waals surface area contributed by atoms with Crippen LogP contribution in [0.3, 0.4) is 0 Å². The summed E-state index contributed by atoms with van der Waals surface area (Å²) in [7, 11) is 0. The molecule has 3 rings (SSSR count). The number of rotatable bonds is 7. The molecule has 0 amide bonds. The van der Waals surface area contributed by atoms with Gasteiger partial charge in [0.1, 0.15) is 0 Å². The summed E-state index contributed by atoms with van der Waals surface area (Å²) in [4.78, 5) is 2.61. The Morgan fingerprint density at radius 1 is 0.880 bits per heavy atom. The molecule has 0 aromatic heterocycles. The highest BCUT2D eigenvalue weighted by Gasteiger charge is 2.17. The fourth-order valence-electron chi connectivity index (χ4n) is 3.38. The molecule has 2 heteroatoms. The maximum Gasteiger partial charge on any atom is 0.0716 e. The number of nitrogens with zero attached hydrogens (tertiary/aromatic N) is 1. The Morgan fingerprint density at radius 2 is 1.60 bits per heavy atom. The van der Waals surface area contributed by atoms with Crippen molar-refractivity contribution in [2.45, 2.75) is 44.9 Å². The molecule has 132 valence electrons. The predicted octanol–water partition coefficient (Wildman–Crippen LogP) is 5.20. The van der Waals surface area contributed by atoms with E-state index in [1.807, 2.05) is 6.07 Å². The highest BCUT2D eigenvalue weighted by Crippen LogP contribution is 2.17. The van der Waals surface area contributed by atoms with Crippen LogP contribution in [0.5, 0.6) is 0 Å². The van der Waals surface area contributed by atoms with Crippen LogP contribution < -0.4 is 0 Å². The van der Waals surface area contributed by atoms with Crippen LogP contribution in [-0.2, 0) is 17.9 Å². The number of hydrogen-bond donors (Lipinski definition) is 0. The first-order chi connectivity index (χ1) is 12.4. The van der Waals surface area contributed by atoms with E-state index in [0.717, 1.165) is 19.6 Å². The van der Waals surface area contributed by atoms with Crippen LogP contribution in [0, 0.1) is 0 Å². The van der Waals surface area contributed by atoms with Crippen molar-refractivity contribution in [1.29, 1.82) is 0 Å². The third-order valence-electron chi connectivity index (χ3n) is 4.79. The van der Waals surface area contributed by atoms with Crippen molar-refractivity contribution in [2.75, 3.05) is 13.2 Å². The molecule has 1 aliphatic rings. The summed E-state index contributed by atoms with van der Waals surface area (Å²) in [6.07, 6.45) is 9.58. The lowest BCUT2D eigenvalue weighted by Gasteiger charge is -2.31. The fraction of sp³-hybridized carbons (Fsp3) is 0.391. The highest BCUT2D eigenvalue weighted by atomic mass is 16.5. The first-order valence-electron chi connectivity index (χ1n) is 9.48. The van der Waals surface area contributed by atoms with Crippen LogP contribution in [0.4, 0.5) is 0 Å². The summed E-state index contributed by atoms with van der Waals surface area (Å²) in [5.74, 6) is 0. The minimum atomic E-state index is 0.469. The molecule has 0 saturated heterocycles. The van der Waals surface area contributed by atoms with Gasteiger partial charge in [-0.2, -0.15) is 0 Å². The van der Waals surface area contributed by atoms with Crippen molar-refractivity contribution in [1.82, 2.24) is 4.90 Å². The van der Waals surface area contributed by atoms with E-state index in [-0.39, 0.29) is 0 Å². The fourth-order valence-corrected chi connectivity index (χ4v) is 3.38. The minimum Gasteiger partial charge on any atom is -0.377 e. The van der Waals surface area contributed by atoms with Gasteiger partial charge < -0.3 is 4.74 Å². The third-order valence-corrected chi connectivity index (χ3v) is 4.79. The van der Waals surface area contributed by atoms with Gasteiger partial charge in [0.25, 0.3) is 0 Å². The molecule has 0 radical (unpaired) electrons. The van der Waals surface area contributed by atoms with Gasteiger partial charge in [-0.25, -0.2) is 0 Å². The van der Waals surface area contributed by atoms with Gasteiger partial charge in [-0.15, -0.1) is 0 Å². The summed E-state index contributed by atoms with van der Waals surface area (Å²) >= 11 is 0.